The number of hydrogen-bond donors (Lipinski definition) is 2. The summed E-state index contributed by atoms with van der Waals surface area (Å²) in [5, 5.41) is 18.4. The predicted molar refractivity (Wildman–Crippen MR) is 101 cm³/mol. The van der Waals surface area contributed by atoms with Crippen LogP contribution in [0.15, 0.2) is 36.9 Å². The van der Waals surface area contributed by atoms with Crippen molar-refractivity contribution in [2.24, 2.45) is 0 Å². The SMILES string of the molecule is CC[C@@H](O)c1cc(C)c(-c2cc3cnc(NC)cc3n3ncnc23)cn1. The Morgan fingerprint density at radius 2 is 1.96 bits per heavy atom. The highest BCUT2D eigenvalue weighted by Gasteiger charge is 2.15. The molecule has 0 bridgehead atoms. The molecular weight excluding hydrogens is 328 g/mol. The number of aromatic nitrogens is 5. The van der Waals surface area contributed by atoms with Crippen molar-refractivity contribution in [3.8, 4) is 11.1 Å². The molecule has 1 atom stereocenters. The summed E-state index contributed by atoms with van der Waals surface area (Å²) in [6.45, 7) is 3.95. The molecule has 0 unspecified atom stereocenters. The summed E-state index contributed by atoms with van der Waals surface area (Å²) < 4.78 is 1.82. The summed E-state index contributed by atoms with van der Waals surface area (Å²) >= 11 is 0. The van der Waals surface area contributed by atoms with Crippen LogP contribution in [0.5, 0.6) is 0 Å². The molecule has 132 valence electrons. The highest BCUT2D eigenvalue weighted by atomic mass is 16.3. The zero-order chi connectivity index (χ0) is 18.3. The van der Waals surface area contributed by atoms with Crippen molar-refractivity contribution in [1.29, 1.82) is 0 Å². The lowest BCUT2D eigenvalue weighted by Gasteiger charge is -2.13. The highest BCUT2D eigenvalue weighted by molar-refractivity contribution is 5.92. The molecule has 0 aliphatic heterocycles. The number of aliphatic hydroxyl groups is 1. The molecule has 7 nitrogen and oxygen atoms in total. The second kappa shape index (κ2) is 6.34. The Bertz CT molecular complexity index is 1100. The molecule has 0 saturated heterocycles. The molecule has 26 heavy (non-hydrogen) atoms. The van der Waals surface area contributed by atoms with Crippen LogP contribution in [0, 0.1) is 6.92 Å². The molecule has 4 aromatic rings. The van der Waals surface area contributed by atoms with Crippen molar-refractivity contribution in [2.45, 2.75) is 26.4 Å². The molecule has 0 spiro atoms. The lowest BCUT2D eigenvalue weighted by molar-refractivity contribution is 0.169. The van der Waals surface area contributed by atoms with Gasteiger partial charge < -0.3 is 10.4 Å². The van der Waals surface area contributed by atoms with Crippen molar-refractivity contribution in [3.05, 3.63) is 48.2 Å². The molecule has 0 fully saturated rings. The Hall–Kier alpha value is -3.06. The molecule has 0 saturated carbocycles. The van der Waals surface area contributed by atoms with Crippen molar-refractivity contribution in [1.82, 2.24) is 24.6 Å². The number of aliphatic hydroxyl groups excluding tert-OH is 1. The van der Waals surface area contributed by atoms with Crippen LogP contribution < -0.4 is 5.32 Å². The zero-order valence-electron chi connectivity index (χ0n) is 14.9. The number of nitrogens with zero attached hydrogens (tertiary/aromatic N) is 5. The van der Waals surface area contributed by atoms with Crippen LogP contribution in [0.25, 0.3) is 27.7 Å². The van der Waals surface area contributed by atoms with E-state index in [1.54, 1.807) is 12.5 Å². The topological polar surface area (TPSA) is 88.2 Å². The molecule has 4 rings (SSSR count). The van der Waals surface area contributed by atoms with Crippen LogP contribution >= 0.6 is 0 Å². The highest BCUT2D eigenvalue weighted by Crippen LogP contribution is 2.31. The third-order valence-corrected chi connectivity index (χ3v) is 4.63. The van der Waals surface area contributed by atoms with Gasteiger partial charge in [0.25, 0.3) is 0 Å². The maximum atomic E-state index is 10.0. The van der Waals surface area contributed by atoms with Gasteiger partial charge in [-0.25, -0.2) is 14.5 Å². The van der Waals surface area contributed by atoms with Gasteiger partial charge in [0.1, 0.15) is 12.1 Å². The largest absolute Gasteiger partial charge is 0.387 e. The van der Waals surface area contributed by atoms with Crippen LogP contribution in [0.4, 0.5) is 5.82 Å². The molecule has 4 heterocycles. The average Bonchev–Trinajstić information content (AvgIpc) is 3.16. The molecule has 0 aromatic carbocycles. The number of aryl methyl sites for hydroxylation is 1. The van der Waals surface area contributed by atoms with Crippen molar-refractivity contribution in [2.75, 3.05) is 12.4 Å². The summed E-state index contributed by atoms with van der Waals surface area (Å²) in [6.07, 6.45) is 5.26. The van der Waals surface area contributed by atoms with E-state index < -0.39 is 6.10 Å². The molecule has 0 radical (unpaired) electrons. The van der Waals surface area contributed by atoms with Crippen LogP contribution in [0.1, 0.15) is 30.7 Å². The van der Waals surface area contributed by atoms with Gasteiger partial charge >= 0.3 is 0 Å². The van der Waals surface area contributed by atoms with Gasteiger partial charge in [-0.15, -0.1) is 0 Å². The van der Waals surface area contributed by atoms with E-state index in [1.165, 1.54) is 0 Å². The lowest BCUT2D eigenvalue weighted by atomic mass is 10.0. The Morgan fingerprint density at radius 3 is 2.69 bits per heavy atom. The fourth-order valence-corrected chi connectivity index (χ4v) is 3.16. The quantitative estimate of drug-likeness (QED) is 0.589. The van der Waals surface area contributed by atoms with E-state index in [9.17, 15) is 5.11 Å². The molecule has 2 N–H and O–H groups in total. The van der Waals surface area contributed by atoms with E-state index >= 15 is 0 Å². The fourth-order valence-electron chi connectivity index (χ4n) is 3.16. The van der Waals surface area contributed by atoms with Gasteiger partial charge in [0, 0.05) is 42.0 Å². The van der Waals surface area contributed by atoms with Gasteiger partial charge in [0.15, 0.2) is 5.65 Å². The van der Waals surface area contributed by atoms with Gasteiger partial charge in [-0.1, -0.05) is 6.92 Å². The second-order valence-corrected chi connectivity index (χ2v) is 6.28. The molecule has 0 amide bonds. The number of pyridine rings is 3. The number of rotatable bonds is 4. The third kappa shape index (κ3) is 2.57. The predicted octanol–water partition coefficient (Wildman–Crippen LogP) is 3.13. The first-order valence-corrected chi connectivity index (χ1v) is 8.57. The van der Waals surface area contributed by atoms with Gasteiger partial charge in [0.05, 0.1) is 17.3 Å². The summed E-state index contributed by atoms with van der Waals surface area (Å²) in [7, 11) is 1.84. The molecule has 0 aliphatic carbocycles. The van der Waals surface area contributed by atoms with Crippen molar-refractivity contribution in [3.63, 3.8) is 0 Å². The van der Waals surface area contributed by atoms with E-state index in [-0.39, 0.29) is 0 Å². The minimum absolute atomic E-state index is 0.545. The monoisotopic (exact) mass is 348 g/mol. The first-order chi connectivity index (χ1) is 12.6. The zero-order valence-corrected chi connectivity index (χ0v) is 14.9. The minimum atomic E-state index is -0.545. The van der Waals surface area contributed by atoms with E-state index in [2.05, 4.69) is 31.4 Å². The van der Waals surface area contributed by atoms with E-state index in [4.69, 9.17) is 0 Å². The second-order valence-electron chi connectivity index (χ2n) is 6.28. The first-order valence-electron chi connectivity index (χ1n) is 8.57. The number of anilines is 1. The fraction of sp³-hybridized carbons (Fsp3) is 0.263. The standard InChI is InChI=1S/C19H20N6O/c1-4-17(26)15-5-11(2)14(9-21-15)13-6-12-8-22-18(20-3)7-16(12)25-19(13)23-10-24-25/h5-10,17,26H,4H2,1-3H3,(H,20,22)/t17-/m1/s1. The van der Waals surface area contributed by atoms with Gasteiger partial charge in [-0.2, -0.15) is 5.10 Å². The van der Waals surface area contributed by atoms with Crippen LogP contribution in [0.3, 0.4) is 0 Å². The lowest BCUT2D eigenvalue weighted by Crippen LogP contribution is -2.01. The van der Waals surface area contributed by atoms with Crippen LogP contribution in [0.2, 0.25) is 0 Å². The number of hydrogen-bond acceptors (Lipinski definition) is 6. The maximum absolute atomic E-state index is 10.0. The Labute approximate surface area is 150 Å². The summed E-state index contributed by atoms with van der Waals surface area (Å²) in [4.78, 5) is 13.3. The number of nitrogens with one attached hydrogen (secondary N) is 1. The van der Waals surface area contributed by atoms with Gasteiger partial charge in [-0.3, -0.25) is 4.98 Å². The van der Waals surface area contributed by atoms with E-state index in [0.717, 1.165) is 39.1 Å². The maximum Gasteiger partial charge on any atom is 0.163 e. The normalized spacial score (nSPS) is 12.6. The van der Waals surface area contributed by atoms with E-state index in [0.29, 0.717) is 12.1 Å². The number of fused-ring (bicyclic) bond motifs is 3. The van der Waals surface area contributed by atoms with Crippen molar-refractivity contribution < 1.29 is 5.11 Å². The Morgan fingerprint density at radius 1 is 1.12 bits per heavy atom. The van der Waals surface area contributed by atoms with Crippen molar-refractivity contribution >= 4 is 22.4 Å². The Kier molecular flexibility index (Phi) is 4.00. The van der Waals surface area contributed by atoms with Crippen LogP contribution in [-0.2, 0) is 0 Å². The smallest absolute Gasteiger partial charge is 0.163 e. The van der Waals surface area contributed by atoms with Crippen LogP contribution in [-0.4, -0.2) is 36.7 Å². The molecule has 7 heteroatoms. The first kappa shape index (κ1) is 16.4. The minimum Gasteiger partial charge on any atom is -0.387 e. The molecular formula is C19H20N6O. The van der Waals surface area contributed by atoms with Gasteiger partial charge in [-0.05, 0) is 31.0 Å². The summed E-state index contributed by atoms with van der Waals surface area (Å²) in [6, 6.07) is 5.95. The van der Waals surface area contributed by atoms with Gasteiger partial charge in [0.2, 0.25) is 0 Å². The molecule has 4 aromatic heterocycles. The third-order valence-electron chi connectivity index (χ3n) is 4.63. The Balaban J connectivity index is 1.95. The molecule has 0 aliphatic rings. The summed E-state index contributed by atoms with van der Waals surface area (Å²) in [5.74, 6) is 0.776. The average molecular weight is 348 g/mol. The van der Waals surface area contributed by atoms with E-state index in [1.807, 2.05) is 43.7 Å². The summed E-state index contributed by atoms with van der Waals surface area (Å²) in [5.41, 5.74) is 5.33.